The molecule has 0 spiro atoms. The third-order valence-corrected chi connectivity index (χ3v) is 3.66. The molecule has 6 heteroatoms. The van der Waals surface area contributed by atoms with Gasteiger partial charge in [-0.2, -0.15) is 0 Å². The van der Waals surface area contributed by atoms with Gasteiger partial charge >= 0.3 is 5.97 Å². The molecule has 0 aliphatic heterocycles. The summed E-state index contributed by atoms with van der Waals surface area (Å²) in [5, 5.41) is 8.74. The number of halogens is 2. The largest absolute Gasteiger partial charge is 0.485 e. The first-order chi connectivity index (χ1) is 10.5. The zero-order valence-electron chi connectivity index (χ0n) is 11.6. The van der Waals surface area contributed by atoms with Crippen LogP contribution in [0.4, 0.5) is 4.39 Å². The lowest BCUT2D eigenvalue weighted by Gasteiger charge is -2.14. The molecule has 3 N–H and O–H groups in total. The van der Waals surface area contributed by atoms with Crippen molar-refractivity contribution < 1.29 is 19.0 Å². The Kier molecular flexibility index (Phi) is 5.51. The number of hydrogen-bond acceptors (Lipinski definition) is 3. The molecular formula is C16H15BrFNO3. The Morgan fingerprint density at radius 1 is 1.32 bits per heavy atom. The molecule has 0 aliphatic rings. The molecule has 2 aromatic carbocycles. The molecule has 0 heterocycles. The maximum atomic E-state index is 14.2. The van der Waals surface area contributed by atoms with Crippen molar-refractivity contribution in [3.05, 3.63) is 63.9 Å². The summed E-state index contributed by atoms with van der Waals surface area (Å²) in [4.78, 5) is 10.7. The molecule has 0 aliphatic carbocycles. The molecule has 0 fully saturated rings. The van der Waals surface area contributed by atoms with E-state index in [4.69, 9.17) is 15.6 Å². The second-order valence-electron chi connectivity index (χ2n) is 4.79. The zero-order chi connectivity index (χ0) is 16.1. The van der Waals surface area contributed by atoms with E-state index in [1.807, 2.05) is 30.3 Å². The fourth-order valence-electron chi connectivity index (χ4n) is 1.97. The van der Waals surface area contributed by atoms with Gasteiger partial charge in [0.15, 0.2) is 11.6 Å². The van der Waals surface area contributed by atoms with E-state index < -0.39 is 17.8 Å². The van der Waals surface area contributed by atoms with Crippen LogP contribution in [0.15, 0.2) is 46.9 Å². The van der Waals surface area contributed by atoms with Gasteiger partial charge in [-0.3, -0.25) is 4.79 Å². The van der Waals surface area contributed by atoms with Crippen LogP contribution in [0.25, 0.3) is 0 Å². The number of nitrogens with two attached hydrogens (primary N) is 1. The number of ether oxygens (including phenoxy) is 1. The normalized spacial score (nSPS) is 12.0. The van der Waals surface area contributed by atoms with Crippen LogP contribution in [0.1, 0.15) is 23.6 Å². The van der Waals surface area contributed by atoms with Crippen molar-refractivity contribution in [1.82, 2.24) is 0 Å². The first kappa shape index (κ1) is 16.5. The van der Waals surface area contributed by atoms with E-state index in [0.29, 0.717) is 10.0 Å². The lowest BCUT2D eigenvalue weighted by atomic mass is 10.0. The second kappa shape index (κ2) is 7.38. The van der Waals surface area contributed by atoms with Crippen molar-refractivity contribution >= 4 is 21.9 Å². The Hall–Kier alpha value is -1.92. The fraction of sp³-hybridized carbons (Fsp3) is 0.188. The number of carboxylic acids is 1. The lowest BCUT2D eigenvalue weighted by Crippen LogP contribution is -2.15. The summed E-state index contributed by atoms with van der Waals surface area (Å²) in [5.41, 5.74) is 7.06. The highest BCUT2D eigenvalue weighted by atomic mass is 79.9. The Bertz CT molecular complexity index is 641. The average Bonchev–Trinajstić information content (AvgIpc) is 2.46. The molecule has 0 amide bonds. The summed E-state index contributed by atoms with van der Waals surface area (Å²) in [6.07, 6.45) is -0.268. The SMILES string of the molecule is NC(CC(=O)O)c1cc(F)c(OCc2ccccc2)c(Br)c1. The summed E-state index contributed by atoms with van der Waals surface area (Å²) >= 11 is 3.24. The number of benzene rings is 2. The van der Waals surface area contributed by atoms with E-state index in [1.54, 1.807) is 6.07 Å². The molecule has 4 nitrogen and oxygen atoms in total. The third kappa shape index (κ3) is 4.29. The van der Waals surface area contributed by atoms with Gasteiger partial charge in [-0.1, -0.05) is 30.3 Å². The Morgan fingerprint density at radius 3 is 2.59 bits per heavy atom. The van der Waals surface area contributed by atoms with E-state index in [9.17, 15) is 9.18 Å². The fourth-order valence-corrected chi connectivity index (χ4v) is 2.54. The first-order valence-corrected chi connectivity index (χ1v) is 7.39. The topological polar surface area (TPSA) is 72.6 Å². The summed E-state index contributed by atoms with van der Waals surface area (Å²) in [5.74, 6) is -1.54. The molecule has 1 unspecified atom stereocenters. The first-order valence-electron chi connectivity index (χ1n) is 6.60. The molecule has 2 rings (SSSR count). The van der Waals surface area contributed by atoms with Crippen LogP contribution in [0.2, 0.25) is 0 Å². The summed E-state index contributed by atoms with van der Waals surface area (Å²) in [7, 11) is 0. The van der Waals surface area contributed by atoms with E-state index >= 15 is 0 Å². The molecule has 0 aromatic heterocycles. The molecule has 22 heavy (non-hydrogen) atoms. The smallest absolute Gasteiger partial charge is 0.305 e. The third-order valence-electron chi connectivity index (χ3n) is 3.07. The summed E-state index contributed by atoms with van der Waals surface area (Å²) in [6, 6.07) is 11.4. The van der Waals surface area contributed by atoms with Gasteiger partial charge in [0.25, 0.3) is 0 Å². The van der Waals surface area contributed by atoms with E-state index in [2.05, 4.69) is 15.9 Å². The minimum absolute atomic E-state index is 0.0788. The van der Waals surface area contributed by atoms with Crippen molar-refractivity contribution in [2.45, 2.75) is 19.1 Å². The zero-order valence-corrected chi connectivity index (χ0v) is 13.2. The number of aliphatic carboxylic acids is 1. The number of carbonyl (C=O) groups is 1. The molecule has 2 aromatic rings. The molecule has 0 bridgehead atoms. The van der Waals surface area contributed by atoms with Crippen molar-refractivity contribution in [3.8, 4) is 5.75 Å². The van der Waals surface area contributed by atoms with Crippen molar-refractivity contribution in [1.29, 1.82) is 0 Å². The maximum absolute atomic E-state index is 14.2. The van der Waals surface area contributed by atoms with Gasteiger partial charge in [-0.05, 0) is 39.2 Å². The van der Waals surface area contributed by atoms with E-state index in [1.165, 1.54) is 6.07 Å². The van der Waals surface area contributed by atoms with Crippen LogP contribution >= 0.6 is 15.9 Å². The standard InChI is InChI=1S/C16H15BrFNO3/c17-12-6-11(14(19)8-15(20)21)7-13(18)16(12)22-9-10-4-2-1-3-5-10/h1-7,14H,8-9,19H2,(H,20,21). The van der Waals surface area contributed by atoms with Crippen LogP contribution in [-0.4, -0.2) is 11.1 Å². The Balaban J connectivity index is 2.14. The van der Waals surface area contributed by atoms with Crippen molar-refractivity contribution in [3.63, 3.8) is 0 Å². The van der Waals surface area contributed by atoms with Crippen molar-refractivity contribution in [2.75, 3.05) is 0 Å². The molecule has 0 radical (unpaired) electrons. The monoisotopic (exact) mass is 367 g/mol. The second-order valence-corrected chi connectivity index (χ2v) is 5.65. The van der Waals surface area contributed by atoms with Gasteiger partial charge < -0.3 is 15.6 Å². The van der Waals surface area contributed by atoms with Gasteiger partial charge in [-0.15, -0.1) is 0 Å². The van der Waals surface area contributed by atoms with Crippen molar-refractivity contribution in [2.24, 2.45) is 5.73 Å². The molecule has 0 saturated carbocycles. The predicted octanol–water partition coefficient (Wildman–Crippen LogP) is 3.64. The van der Waals surface area contributed by atoms with E-state index in [0.717, 1.165) is 5.56 Å². The van der Waals surface area contributed by atoms with Crippen LogP contribution in [0.3, 0.4) is 0 Å². The lowest BCUT2D eigenvalue weighted by molar-refractivity contribution is -0.137. The van der Waals surface area contributed by atoms with Crippen LogP contribution in [0.5, 0.6) is 5.75 Å². The molecule has 0 saturated heterocycles. The van der Waals surface area contributed by atoms with Gasteiger partial charge in [0.05, 0.1) is 10.9 Å². The highest BCUT2D eigenvalue weighted by Crippen LogP contribution is 2.32. The maximum Gasteiger partial charge on any atom is 0.305 e. The summed E-state index contributed by atoms with van der Waals surface area (Å²) in [6.45, 7) is 0.233. The number of rotatable bonds is 6. The van der Waals surface area contributed by atoms with Gasteiger partial charge in [-0.25, -0.2) is 4.39 Å². The van der Waals surface area contributed by atoms with Gasteiger partial charge in [0, 0.05) is 6.04 Å². The Morgan fingerprint density at radius 2 is 2.00 bits per heavy atom. The number of carboxylic acid groups (broad SMARTS) is 1. The highest BCUT2D eigenvalue weighted by molar-refractivity contribution is 9.10. The minimum Gasteiger partial charge on any atom is -0.485 e. The van der Waals surface area contributed by atoms with Crippen LogP contribution in [-0.2, 0) is 11.4 Å². The van der Waals surface area contributed by atoms with Gasteiger partial charge in [0.1, 0.15) is 6.61 Å². The van der Waals surface area contributed by atoms with E-state index in [-0.39, 0.29) is 18.8 Å². The minimum atomic E-state index is -1.03. The Labute approximate surface area is 135 Å². The predicted molar refractivity (Wildman–Crippen MR) is 84.1 cm³/mol. The molecule has 1 atom stereocenters. The summed E-state index contributed by atoms with van der Waals surface area (Å²) < 4.78 is 20.0. The van der Waals surface area contributed by atoms with Gasteiger partial charge in [0.2, 0.25) is 0 Å². The highest BCUT2D eigenvalue weighted by Gasteiger charge is 2.16. The molecular weight excluding hydrogens is 353 g/mol. The van der Waals surface area contributed by atoms with Crippen LogP contribution in [0, 0.1) is 5.82 Å². The number of hydrogen-bond donors (Lipinski definition) is 2. The quantitative estimate of drug-likeness (QED) is 0.817. The van der Waals surface area contributed by atoms with Crippen LogP contribution < -0.4 is 10.5 Å². The average molecular weight is 368 g/mol. The molecule has 116 valence electrons.